The molecule has 5 aromatic heterocycles. The second kappa shape index (κ2) is 9.04. The van der Waals surface area contributed by atoms with Crippen LogP contribution in [-0.2, 0) is 6.54 Å². The molecule has 182 valence electrons. The highest BCUT2D eigenvalue weighted by molar-refractivity contribution is 6.07. The van der Waals surface area contributed by atoms with E-state index in [1.807, 2.05) is 46.9 Å². The van der Waals surface area contributed by atoms with Crippen molar-refractivity contribution in [2.45, 2.75) is 6.54 Å². The van der Waals surface area contributed by atoms with Crippen molar-refractivity contribution in [3.63, 3.8) is 0 Å². The van der Waals surface area contributed by atoms with E-state index in [9.17, 15) is 0 Å². The van der Waals surface area contributed by atoms with Crippen molar-refractivity contribution in [3.8, 4) is 28.4 Å². The van der Waals surface area contributed by atoms with E-state index in [0.29, 0.717) is 41.0 Å². The molecule has 0 bridgehead atoms. The van der Waals surface area contributed by atoms with Gasteiger partial charge < -0.3 is 21.5 Å². The number of aromatic nitrogens is 7. The first kappa shape index (κ1) is 22.2. The van der Waals surface area contributed by atoms with Gasteiger partial charge in [0, 0.05) is 30.7 Å². The highest BCUT2D eigenvalue weighted by atomic mass is 16.5. The Morgan fingerprint density at radius 1 is 0.811 bits per heavy atom. The van der Waals surface area contributed by atoms with E-state index in [1.165, 1.54) is 0 Å². The molecule has 11 nitrogen and oxygen atoms in total. The molecule has 0 saturated carbocycles. The van der Waals surface area contributed by atoms with Crippen molar-refractivity contribution in [1.82, 2.24) is 34.3 Å². The summed E-state index contributed by atoms with van der Waals surface area (Å²) in [4.78, 5) is 26.6. The normalized spacial score (nSPS) is 11.2. The average Bonchev–Trinajstić information content (AvgIpc) is 3.27. The minimum absolute atomic E-state index is 0.158. The molecule has 0 atom stereocenters. The number of hydrogen-bond acceptors (Lipinski definition) is 10. The van der Waals surface area contributed by atoms with E-state index >= 15 is 0 Å². The number of nitrogens with one attached hydrogen (secondary N) is 1. The van der Waals surface area contributed by atoms with Crippen LogP contribution in [0.4, 0.5) is 17.8 Å². The van der Waals surface area contributed by atoms with Gasteiger partial charge in [0.25, 0.3) is 0 Å². The molecule has 0 fully saturated rings. The van der Waals surface area contributed by atoms with Crippen LogP contribution in [0.5, 0.6) is 5.75 Å². The van der Waals surface area contributed by atoms with Gasteiger partial charge in [-0.2, -0.15) is 0 Å². The number of anilines is 3. The minimum Gasteiger partial charge on any atom is -0.496 e. The van der Waals surface area contributed by atoms with E-state index < -0.39 is 0 Å². The van der Waals surface area contributed by atoms with Crippen molar-refractivity contribution in [3.05, 3.63) is 78.8 Å². The first-order valence-corrected chi connectivity index (χ1v) is 11.5. The van der Waals surface area contributed by atoms with E-state index in [1.54, 1.807) is 37.8 Å². The first-order chi connectivity index (χ1) is 18.1. The lowest BCUT2D eigenvalue weighted by molar-refractivity contribution is 0.419. The Morgan fingerprint density at radius 2 is 1.51 bits per heavy atom. The summed E-state index contributed by atoms with van der Waals surface area (Å²) in [6.45, 7) is 0.539. The monoisotopic (exact) mass is 490 g/mol. The number of nitrogens with two attached hydrogens (primary N) is 2. The molecule has 0 radical (unpaired) electrons. The summed E-state index contributed by atoms with van der Waals surface area (Å²) >= 11 is 0. The molecule has 0 spiro atoms. The summed E-state index contributed by atoms with van der Waals surface area (Å²) in [5.41, 5.74) is 17.0. The third kappa shape index (κ3) is 3.97. The lowest BCUT2D eigenvalue weighted by Gasteiger charge is -2.12. The number of nitrogens with zero attached hydrogens (tertiary/aromatic N) is 7. The predicted octanol–water partition coefficient (Wildman–Crippen LogP) is 3.58. The molecule has 0 saturated heterocycles. The van der Waals surface area contributed by atoms with Crippen LogP contribution in [0, 0.1) is 0 Å². The van der Waals surface area contributed by atoms with Crippen LogP contribution in [0.25, 0.3) is 39.2 Å². The summed E-state index contributed by atoms with van der Waals surface area (Å²) in [6, 6.07) is 17.4. The van der Waals surface area contributed by atoms with Crippen molar-refractivity contribution in [2.75, 3.05) is 23.9 Å². The molecule has 0 aliphatic heterocycles. The molecule has 1 aromatic carbocycles. The van der Waals surface area contributed by atoms with Crippen LogP contribution >= 0.6 is 0 Å². The zero-order valence-electron chi connectivity index (χ0n) is 19.8. The lowest BCUT2D eigenvalue weighted by Crippen LogP contribution is -2.08. The minimum atomic E-state index is 0.158. The first-order valence-electron chi connectivity index (χ1n) is 11.5. The zero-order chi connectivity index (χ0) is 25.4. The van der Waals surface area contributed by atoms with E-state index in [0.717, 1.165) is 22.0 Å². The summed E-state index contributed by atoms with van der Waals surface area (Å²) in [6.07, 6.45) is 4.93. The second-order valence-corrected chi connectivity index (χ2v) is 8.21. The molecule has 5 heterocycles. The average molecular weight is 491 g/mol. The maximum absolute atomic E-state index is 5.97. The van der Waals surface area contributed by atoms with Gasteiger partial charge in [-0.15, -0.1) is 0 Å². The van der Waals surface area contributed by atoms with Crippen molar-refractivity contribution >= 4 is 34.4 Å². The SMILES string of the molecule is COc1ccnc2c1c(-c1ccnc(N)n1)c1cc(-c3ccnc(N)n3)nc(NCc3ccccc3)n12. The van der Waals surface area contributed by atoms with Crippen LogP contribution in [0.2, 0.25) is 0 Å². The fourth-order valence-corrected chi connectivity index (χ4v) is 4.35. The number of hydrogen-bond donors (Lipinski definition) is 3. The highest BCUT2D eigenvalue weighted by Crippen LogP contribution is 2.41. The number of ether oxygens (including phenoxy) is 1. The molecule has 6 aromatic rings. The zero-order valence-corrected chi connectivity index (χ0v) is 19.8. The third-order valence-corrected chi connectivity index (χ3v) is 5.94. The van der Waals surface area contributed by atoms with Gasteiger partial charge in [-0.25, -0.2) is 29.9 Å². The summed E-state index contributed by atoms with van der Waals surface area (Å²) in [5.74, 6) is 1.52. The Balaban J connectivity index is 1.69. The lowest BCUT2D eigenvalue weighted by atomic mass is 10.1. The van der Waals surface area contributed by atoms with Crippen LogP contribution in [0.1, 0.15) is 5.56 Å². The third-order valence-electron chi connectivity index (χ3n) is 5.94. The number of nitrogen functional groups attached to an aromatic ring is 2. The maximum Gasteiger partial charge on any atom is 0.220 e. The quantitative estimate of drug-likeness (QED) is 0.315. The van der Waals surface area contributed by atoms with E-state index in [2.05, 4.69) is 25.3 Å². The molecule has 5 N–H and O–H groups in total. The van der Waals surface area contributed by atoms with Gasteiger partial charge in [-0.05, 0) is 29.8 Å². The second-order valence-electron chi connectivity index (χ2n) is 8.21. The standard InChI is InChI=1S/C26H22N10O/c1-37-20-9-12-29-23-22(20)21(17-8-11-31-25(28)34-17)19-13-18(16-7-10-30-24(27)33-16)35-26(36(19)23)32-14-15-5-3-2-4-6-15/h2-13H,14H2,1H3,(H,32,35)(H2,27,30,33)(H2,28,31,34). The van der Waals surface area contributed by atoms with Gasteiger partial charge in [0.15, 0.2) is 5.65 Å². The van der Waals surface area contributed by atoms with Crippen LogP contribution < -0.4 is 21.5 Å². The van der Waals surface area contributed by atoms with Gasteiger partial charge in [-0.1, -0.05) is 30.3 Å². The Hall–Kier alpha value is -5.32. The fraction of sp³-hybridized carbons (Fsp3) is 0.0769. The van der Waals surface area contributed by atoms with E-state index in [-0.39, 0.29) is 11.9 Å². The molecular formula is C26H22N10O. The molecule has 11 heteroatoms. The van der Waals surface area contributed by atoms with Gasteiger partial charge in [0.1, 0.15) is 5.75 Å². The predicted molar refractivity (Wildman–Crippen MR) is 142 cm³/mol. The van der Waals surface area contributed by atoms with Gasteiger partial charge >= 0.3 is 0 Å². The van der Waals surface area contributed by atoms with Crippen molar-refractivity contribution in [1.29, 1.82) is 0 Å². The molecule has 0 aliphatic carbocycles. The van der Waals surface area contributed by atoms with Crippen molar-refractivity contribution < 1.29 is 4.74 Å². The fourth-order valence-electron chi connectivity index (χ4n) is 4.35. The van der Waals surface area contributed by atoms with Gasteiger partial charge in [-0.3, -0.25) is 4.40 Å². The molecule has 0 amide bonds. The number of rotatable bonds is 6. The van der Waals surface area contributed by atoms with Crippen LogP contribution in [0.15, 0.2) is 73.2 Å². The maximum atomic E-state index is 5.97. The number of fused-ring (bicyclic) bond motifs is 3. The summed E-state index contributed by atoms with van der Waals surface area (Å²) in [5, 5.41) is 4.24. The highest BCUT2D eigenvalue weighted by Gasteiger charge is 2.23. The molecule has 37 heavy (non-hydrogen) atoms. The summed E-state index contributed by atoms with van der Waals surface area (Å²) < 4.78 is 7.69. The largest absolute Gasteiger partial charge is 0.496 e. The number of pyridine rings is 1. The van der Waals surface area contributed by atoms with Crippen molar-refractivity contribution in [2.24, 2.45) is 0 Å². The Bertz CT molecular complexity index is 1750. The number of methoxy groups -OCH3 is 1. The van der Waals surface area contributed by atoms with Crippen LogP contribution in [0.3, 0.4) is 0 Å². The Kier molecular flexibility index (Phi) is 5.41. The smallest absolute Gasteiger partial charge is 0.220 e. The van der Waals surface area contributed by atoms with Gasteiger partial charge in [0.2, 0.25) is 17.8 Å². The molecular weight excluding hydrogens is 468 g/mol. The van der Waals surface area contributed by atoms with E-state index in [4.69, 9.17) is 26.2 Å². The number of benzene rings is 1. The Morgan fingerprint density at radius 3 is 2.24 bits per heavy atom. The van der Waals surface area contributed by atoms with Crippen LogP contribution in [-0.4, -0.2) is 41.4 Å². The summed E-state index contributed by atoms with van der Waals surface area (Å²) in [7, 11) is 1.62. The molecule has 6 rings (SSSR count). The Labute approximate surface area is 211 Å². The molecule has 0 aliphatic rings. The topological polar surface area (TPSA) is 155 Å². The molecule has 0 unspecified atom stereocenters. The van der Waals surface area contributed by atoms with Gasteiger partial charge in [0.05, 0.1) is 35.1 Å².